The molecular weight excluding hydrogens is 382 g/mol. The van der Waals surface area contributed by atoms with Gasteiger partial charge in [0.05, 0.1) is 11.0 Å². The van der Waals surface area contributed by atoms with Gasteiger partial charge in [-0.2, -0.15) is 0 Å². The number of hydrogen-bond acceptors (Lipinski definition) is 7. The molecule has 0 bridgehead atoms. The van der Waals surface area contributed by atoms with Crippen molar-refractivity contribution in [3.63, 3.8) is 0 Å². The lowest BCUT2D eigenvalue weighted by Crippen LogP contribution is -2.17. The highest BCUT2D eigenvalue weighted by molar-refractivity contribution is 8.26. The number of thiocarbonyl (C=S) groups is 1. The molecule has 1 aliphatic rings. The van der Waals surface area contributed by atoms with E-state index in [2.05, 4.69) is 15.3 Å². The van der Waals surface area contributed by atoms with Crippen molar-refractivity contribution in [1.82, 2.24) is 15.3 Å². The van der Waals surface area contributed by atoms with Crippen LogP contribution in [0.25, 0.3) is 28.2 Å². The molecule has 1 fully saturated rings. The minimum absolute atomic E-state index is 0.0626. The van der Waals surface area contributed by atoms with Gasteiger partial charge < -0.3 is 14.5 Å². The Morgan fingerprint density at radius 3 is 2.81 bits per heavy atom. The number of hydrogen-bond donors (Lipinski definition) is 1. The van der Waals surface area contributed by atoms with Crippen molar-refractivity contribution in [2.75, 3.05) is 0 Å². The number of thioether (sulfide) groups is 1. The summed E-state index contributed by atoms with van der Waals surface area (Å²) in [6.07, 6.45) is 6.93. The summed E-state index contributed by atoms with van der Waals surface area (Å²) in [4.78, 5) is 21.0. The van der Waals surface area contributed by atoms with Crippen LogP contribution < -0.4 is 10.1 Å². The van der Waals surface area contributed by atoms with Gasteiger partial charge >= 0.3 is 0 Å². The van der Waals surface area contributed by atoms with Crippen LogP contribution in [0.5, 0.6) is 5.88 Å². The third-order valence-corrected chi connectivity index (χ3v) is 4.92. The summed E-state index contributed by atoms with van der Waals surface area (Å²) in [5, 5.41) is 3.43. The molecule has 0 saturated carbocycles. The second-order valence-electron chi connectivity index (χ2n) is 6.16. The van der Waals surface area contributed by atoms with Gasteiger partial charge in [-0.25, -0.2) is 4.98 Å². The van der Waals surface area contributed by atoms with Crippen molar-refractivity contribution in [1.29, 1.82) is 0 Å². The number of carbonyl (C=O) groups is 1. The first-order valence-corrected chi connectivity index (χ1v) is 9.47. The zero-order valence-electron chi connectivity index (χ0n) is 14.6. The minimum Gasteiger partial charge on any atom is -0.475 e. The molecule has 1 amide bonds. The van der Waals surface area contributed by atoms with E-state index in [0.717, 1.165) is 16.5 Å². The number of ether oxygens (including phenoxy) is 1. The summed E-state index contributed by atoms with van der Waals surface area (Å²) < 4.78 is 12.0. The number of carbonyl (C=O) groups excluding carboxylic acids is 1. The third kappa shape index (κ3) is 3.72. The van der Waals surface area contributed by atoms with Crippen LogP contribution in [0.1, 0.15) is 19.6 Å². The van der Waals surface area contributed by atoms with E-state index in [1.807, 2.05) is 32.0 Å². The summed E-state index contributed by atoms with van der Waals surface area (Å²) in [6.45, 7) is 3.91. The SMILES string of the molecule is CC(C)Oc1ccc(-c2cncc3cc(/C=C4/SC(=S)NC4=O)oc23)cn1. The van der Waals surface area contributed by atoms with Crippen LogP contribution in [0.2, 0.25) is 0 Å². The van der Waals surface area contributed by atoms with Gasteiger partial charge in [-0.3, -0.25) is 9.78 Å². The lowest BCUT2D eigenvalue weighted by Gasteiger charge is -2.09. The highest BCUT2D eigenvalue weighted by Gasteiger charge is 2.23. The topological polar surface area (TPSA) is 77.2 Å². The Labute approximate surface area is 165 Å². The van der Waals surface area contributed by atoms with E-state index < -0.39 is 0 Å². The maximum Gasteiger partial charge on any atom is 0.263 e. The number of fused-ring (bicyclic) bond motifs is 1. The summed E-state index contributed by atoms with van der Waals surface area (Å²) in [6, 6.07) is 5.58. The van der Waals surface area contributed by atoms with Crippen LogP contribution >= 0.6 is 24.0 Å². The van der Waals surface area contributed by atoms with E-state index in [-0.39, 0.29) is 12.0 Å². The first-order valence-electron chi connectivity index (χ1n) is 8.25. The number of aromatic nitrogens is 2. The minimum atomic E-state index is -0.214. The Bertz CT molecular complexity index is 1070. The van der Waals surface area contributed by atoms with Crippen LogP contribution in [-0.4, -0.2) is 26.3 Å². The van der Waals surface area contributed by atoms with Crippen LogP contribution in [0, 0.1) is 0 Å². The molecular formula is C19H15N3O3S2. The zero-order valence-corrected chi connectivity index (χ0v) is 16.2. The Morgan fingerprint density at radius 2 is 2.15 bits per heavy atom. The number of nitrogens with zero attached hydrogens (tertiary/aromatic N) is 2. The van der Waals surface area contributed by atoms with Crippen molar-refractivity contribution in [3.8, 4) is 17.0 Å². The molecule has 3 aromatic heterocycles. The summed E-state index contributed by atoms with van der Waals surface area (Å²) >= 11 is 6.22. The number of nitrogens with one attached hydrogen (secondary N) is 1. The van der Waals surface area contributed by atoms with E-state index in [1.54, 1.807) is 24.7 Å². The molecule has 0 unspecified atom stereocenters. The molecule has 0 aliphatic carbocycles. The highest BCUT2D eigenvalue weighted by atomic mass is 32.2. The molecule has 27 heavy (non-hydrogen) atoms. The predicted octanol–water partition coefficient (Wildman–Crippen LogP) is 4.17. The molecule has 1 saturated heterocycles. The first kappa shape index (κ1) is 17.7. The molecule has 0 atom stereocenters. The fourth-order valence-electron chi connectivity index (χ4n) is 2.66. The van der Waals surface area contributed by atoms with Gasteiger partial charge in [-0.15, -0.1) is 0 Å². The number of amides is 1. The number of pyridine rings is 2. The summed E-state index contributed by atoms with van der Waals surface area (Å²) in [7, 11) is 0. The van der Waals surface area contributed by atoms with Crippen LogP contribution in [0.15, 0.2) is 46.1 Å². The molecule has 8 heteroatoms. The van der Waals surface area contributed by atoms with E-state index >= 15 is 0 Å². The quantitative estimate of drug-likeness (QED) is 0.523. The molecule has 0 spiro atoms. The van der Waals surface area contributed by atoms with Crippen LogP contribution in [0.3, 0.4) is 0 Å². The third-order valence-electron chi connectivity index (χ3n) is 3.76. The molecule has 136 valence electrons. The van der Waals surface area contributed by atoms with Crippen LogP contribution in [0.4, 0.5) is 0 Å². The van der Waals surface area contributed by atoms with Gasteiger partial charge in [0, 0.05) is 47.2 Å². The van der Waals surface area contributed by atoms with E-state index in [1.165, 1.54) is 11.8 Å². The second-order valence-corrected chi connectivity index (χ2v) is 7.88. The molecule has 1 N–H and O–H groups in total. The average Bonchev–Trinajstić information content (AvgIpc) is 3.17. The Morgan fingerprint density at radius 1 is 1.30 bits per heavy atom. The van der Waals surface area contributed by atoms with Crippen molar-refractivity contribution < 1.29 is 13.9 Å². The summed E-state index contributed by atoms with van der Waals surface area (Å²) in [5.74, 6) is 0.919. The Hall–Kier alpha value is -2.71. The predicted molar refractivity (Wildman–Crippen MR) is 109 cm³/mol. The lowest BCUT2D eigenvalue weighted by molar-refractivity contribution is -0.115. The van der Waals surface area contributed by atoms with Gasteiger partial charge in [-0.05, 0) is 26.0 Å². The zero-order chi connectivity index (χ0) is 19.0. The normalized spacial score (nSPS) is 15.7. The fraction of sp³-hybridized carbons (Fsp3) is 0.158. The van der Waals surface area contributed by atoms with E-state index in [4.69, 9.17) is 21.4 Å². The lowest BCUT2D eigenvalue weighted by atomic mass is 10.1. The van der Waals surface area contributed by atoms with Crippen molar-refractivity contribution in [2.24, 2.45) is 0 Å². The first-order chi connectivity index (χ1) is 13.0. The van der Waals surface area contributed by atoms with Crippen molar-refractivity contribution in [2.45, 2.75) is 20.0 Å². The molecule has 0 aromatic carbocycles. The van der Waals surface area contributed by atoms with Gasteiger partial charge in [0.15, 0.2) is 0 Å². The fourth-order valence-corrected chi connectivity index (χ4v) is 3.68. The van der Waals surface area contributed by atoms with E-state index in [9.17, 15) is 4.79 Å². The van der Waals surface area contributed by atoms with Gasteiger partial charge in [0.1, 0.15) is 15.7 Å². The van der Waals surface area contributed by atoms with E-state index in [0.29, 0.717) is 26.4 Å². The maximum atomic E-state index is 11.8. The Balaban J connectivity index is 1.70. The smallest absolute Gasteiger partial charge is 0.263 e. The van der Waals surface area contributed by atoms with Crippen LogP contribution in [-0.2, 0) is 4.79 Å². The van der Waals surface area contributed by atoms with Crippen molar-refractivity contribution >= 4 is 51.3 Å². The molecule has 6 nitrogen and oxygen atoms in total. The maximum absolute atomic E-state index is 11.8. The van der Waals surface area contributed by atoms with Crippen molar-refractivity contribution in [3.05, 3.63) is 47.5 Å². The second kappa shape index (κ2) is 7.13. The monoisotopic (exact) mass is 397 g/mol. The molecule has 3 aromatic rings. The average molecular weight is 397 g/mol. The molecule has 1 aliphatic heterocycles. The van der Waals surface area contributed by atoms with Gasteiger partial charge in [0.25, 0.3) is 5.91 Å². The summed E-state index contributed by atoms with van der Waals surface area (Å²) in [5.41, 5.74) is 2.37. The van der Waals surface area contributed by atoms with Gasteiger partial charge in [0.2, 0.25) is 5.88 Å². The Kier molecular flexibility index (Phi) is 4.67. The molecule has 4 rings (SSSR count). The standard InChI is InChI=1S/C19H15N3O3S2/c1-10(2)24-16-4-3-11(8-21-16)14-9-20-7-12-5-13(25-17(12)14)6-15-18(23)22-19(26)27-15/h3-10H,1-2H3,(H,22,23,26)/b15-6+. The number of rotatable bonds is 4. The molecule has 4 heterocycles. The molecule has 0 radical (unpaired) electrons. The highest BCUT2D eigenvalue weighted by Crippen LogP contribution is 2.33. The largest absolute Gasteiger partial charge is 0.475 e. The number of furan rings is 1. The van der Waals surface area contributed by atoms with Gasteiger partial charge in [-0.1, -0.05) is 24.0 Å².